The number of aliphatic hydroxyl groups is 8. The fraction of sp³-hybridized carbons (Fsp3) is 0.750. The quantitative estimate of drug-likeness (QED) is 0.0204. The Bertz CT molecular complexity index is 1740. The highest BCUT2D eigenvalue weighted by Crippen LogP contribution is 2.30. The van der Waals surface area contributed by atoms with Crippen molar-refractivity contribution in [1.29, 1.82) is 0 Å². The van der Waals surface area contributed by atoms with Crippen LogP contribution in [0.4, 0.5) is 0 Å². The van der Waals surface area contributed by atoms with Crippen LogP contribution in [0, 0.1) is 0 Å². The maximum atomic E-state index is 13.3. The number of nitrogens with one attached hydrogen (secondary N) is 1. The van der Waals surface area contributed by atoms with Crippen molar-refractivity contribution in [1.82, 2.24) is 5.32 Å². The standard InChI is InChI=1S/C68H117NO13/c1-3-5-7-9-11-13-15-17-19-21-23-24-25-26-27-28-29-30-31-32-34-36-38-40-42-44-46-48-50-52-60(73)69-56(57(72)51-49-47-45-43-41-39-37-35-33-22-20-18-16-14-12-10-8-6-4-2)55-79-67-65(78)63(76)66(59(54-71)81-67)82-68-64(77)62(75)61(74)58(53-70)80-68/h5,7,11,13,17,19,23-24,26-27,29-30,32,34,38,40,56-59,61-68,70-72,74-78H,3-4,6,8-10,12,14-16,18,20-22,25,28,31,33,35-37,39,41-55H2,1-2H3,(H,69,73)/b7-5-,13-11-,19-17-,24-23-,27-26-,30-29-,34-32-,40-38-. The molecule has 2 fully saturated rings. The van der Waals surface area contributed by atoms with Crippen LogP contribution in [0.5, 0.6) is 0 Å². The zero-order chi connectivity index (χ0) is 59.5. The van der Waals surface area contributed by atoms with Crippen molar-refractivity contribution < 1.29 is 64.6 Å². The van der Waals surface area contributed by atoms with Gasteiger partial charge in [-0.2, -0.15) is 0 Å². The van der Waals surface area contributed by atoms with Gasteiger partial charge in [-0.1, -0.05) is 246 Å². The molecule has 0 spiro atoms. The molecular weight excluding hydrogens is 1040 g/mol. The van der Waals surface area contributed by atoms with Crippen LogP contribution in [0.25, 0.3) is 0 Å². The van der Waals surface area contributed by atoms with E-state index in [1.165, 1.54) is 96.3 Å². The summed E-state index contributed by atoms with van der Waals surface area (Å²) < 4.78 is 22.9. The van der Waals surface area contributed by atoms with Gasteiger partial charge in [-0.05, 0) is 77.0 Å². The first kappa shape index (κ1) is 75.0. The summed E-state index contributed by atoms with van der Waals surface area (Å²) >= 11 is 0. The van der Waals surface area contributed by atoms with Crippen molar-refractivity contribution in [2.75, 3.05) is 19.8 Å². The van der Waals surface area contributed by atoms with E-state index in [1.54, 1.807) is 0 Å². The van der Waals surface area contributed by atoms with Gasteiger partial charge in [0.1, 0.15) is 48.8 Å². The number of ether oxygens (including phenoxy) is 4. The fourth-order valence-electron chi connectivity index (χ4n) is 10.1. The summed E-state index contributed by atoms with van der Waals surface area (Å²) in [5.41, 5.74) is 0. The molecule has 9 N–H and O–H groups in total. The number of carbonyl (C=O) groups is 1. The number of unbranched alkanes of at least 4 members (excludes halogenated alkanes) is 22. The van der Waals surface area contributed by atoms with Crippen molar-refractivity contribution in [3.8, 4) is 0 Å². The van der Waals surface area contributed by atoms with Crippen molar-refractivity contribution in [3.05, 3.63) is 97.2 Å². The van der Waals surface area contributed by atoms with E-state index < -0.39 is 86.8 Å². The summed E-state index contributed by atoms with van der Waals surface area (Å²) in [5.74, 6) is -0.233. The van der Waals surface area contributed by atoms with Crippen molar-refractivity contribution in [2.24, 2.45) is 0 Å². The summed E-state index contributed by atoms with van der Waals surface area (Å²) in [5, 5.41) is 87.4. The number of amides is 1. The van der Waals surface area contributed by atoms with Gasteiger partial charge in [0, 0.05) is 6.42 Å². The highest BCUT2D eigenvalue weighted by molar-refractivity contribution is 5.76. The van der Waals surface area contributed by atoms with E-state index in [0.717, 1.165) is 103 Å². The summed E-state index contributed by atoms with van der Waals surface area (Å²) in [4.78, 5) is 13.3. The summed E-state index contributed by atoms with van der Waals surface area (Å²) in [7, 11) is 0. The SMILES string of the molecule is CC/C=C\C/C=C\C/C=C\C/C=C\C/C=C\C/C=C\C/C=C\C/C=C\CCCCCCC(=O)NC(COC1OC(CO)C(OC2OC(CO)C(O)C(O)C2O)C(O)C1O)C(O)CCCCCCCCCCCCCCCCCCCCC. The van der Waals surface area contributed by atoms with E-state index >= 15 is 0 Å². The molecule has 12 unspecified atom stereocenters. The first-order valence-corrected chi connectivity index (χ1v) is 32.5. The smallest absolute Gasteiger partial charge is 0.220 e. The first-order valence-electron chi connectivity index (χ1n) is 32.5. The second-order valence-corrected chi connectivity index (χ2v) is 22.5. The van der Waals surface area contributed by atoms with Gasteiger partial charge in [-0.25, -0.2) is 0 Å². The Hall–Kier alpha value is -3.09. The topological polar surface area (TPSA) is 228 Å². The van der Waals surface area contributed by atoms with Crippen LogP contribution < -0.4 is 5.32 Å². The average Bonchev–Trinajstić information content (AvgIpc) is 3.65. The number of allylic oxidation sites excluding steroid dienone is 16. The molecule has 0 radical (unpaired) electrons. The highest BCUT2D eigenvalue weighted by atomic mass is 16.7. The number of aliphatic hydroxyl groups excluding tert-OH is 8. The van der Waals surface area contributed by atoms with Gasteiger partial charge in [0.25, 0.3) is 0 Å². The van der Waals surface area contributed by atoms with Gasteiger partial charge in [-0.3, -0.25) is 4.79 Å². The van der Waals surface area contributed by atoms with Crippen molar-refractivity contribution in [3.63, 3.8) is 0 Å². The molecule has 14 heteroatoms. The Labute approximate surface area is 496 Å². The lowest BCUT2D eigenvalue weighted by Crippen LogP contribution is -2.65. The molecule has 82 heavy (non-hydrogen) atoms. The van der Waals surface area contributed by atoms with E-state index in [1.807, 2.05) is 0 Å². The Balaban J connectivity index is 1.73. The van der Waals surface area contributed by atoms with E-state index in [9.17, 15) is 45.6 Å². The van der Waals surface area contributed by atoms with E-state index in [4.69, 9.17) is 18.9 Å². The molecule has 12 atom stereocenters. The molecule has 0 aromatic carbocycles. The molecular formula is C68H117NO13. The largest absolute Gasteiger partial charge is 0.394 e. The van der Waals surface area contributed by atoms with Gasteiger partial charge in [0.05, 0.1) is 32.0 Å². The maximum absolute atomic E-state index is 13.3. The third-order valence-electron chi connectivity index (χ3n) is 15.3. The second kappa shape index (κ2) is 52.3. The zero-order valence-electron chi connectivity index (χ0n) is 50.9. The van der Waals surface area contributed by atoms with Crippen LogP contribution >= 0.6 is 0 Å². The van der Waals surface area contributed by atoms with E-state index in [2.05, 4.69) is 116 Å². The minimum absolute atomic E-state index is 0.233. The highest BCUT2D eigenvalue weighted by Gasteiger charge is 2.51. The third-order valence-corrected chi connectivity index (χ3v) is 15.3. The zero-order valence-corrected chi connectivity index (χ0v) is 50.9. The molecule has 2 aliphatic rings. The lowest BCUT2D eigenvalue weighted by molar-refractivity contribution is -0.359. The van der Waals surface area contributed by atoms with Crippen molar-refractivity contribution >= 4 is 5.91 Å². The molecule has 0 bridgehead atoms. The van der Waals surface area contributed by atoms with Gasteiger partial charge < -0.3 is 65.1 Å². The number of hydrogen-bond acceptors (Lipinski definition) is 13. The van der Waals surface area contributed by atoms with Crippen LogP contribution in [0.2, 0.25) is 0 Å². The van der Waals surface area contributed by atoms with Crippen LogP contribution in [0.15, 0.2) is 97.2 Å². The molecule has 2 aliphatic heterocycles. The monoisotopic (exact) mass is 1160 g/mol. The molecule has 2 rings (SSSR count). The lowest BCUT2D eigenvalue weighted by atomic mass is 9.97. The molecule has 2 saturated heterocycles. The third kappa shape index (κ3) is 36.7. The Morgan fingerprint density at radius 3 is 1.29 bits per heavy atom. The van der Waals surface area contributed by atoms with Crippen LogP contribution in [-0.4, -0.2) is 140 Å². The van der Waals surface area contributed by atoms with Gasteiger partial charge in [0.15, 0.2) is 12.6 Å². The second-order valence-electron chi connectivity index (χ2n) is 22.5. The Kier molecular flexibility index (Phi) is 47.8. The summed E-state index contributed by atoms with van der Waals surface area (Å²) in [6.07, 6.45) is 55.4. The fourth-order valence-corrected chi connectivity index (χ4v) is 10.1. The molecule has 0 saturated carbocycles. The lowest BCUT2D eigenvalue weighted by Gasteiger charge is -2.46. The van der Waals surface area contributed by atoms with Crippen LogP contribution in [0.3, 0.4) is 0 Å². The number of rotatable bonds is 51. The Morgan fingerprint density at radius 1 is 0.451 bits per heavy atom. The minimum atomic E-state index is -1.79. The van der Waals surface area contributed by atoms with Gasteiger partial charge in [-0.15, -0.1) is 0 Å². The van der Waals surface area contributed by atoms with E-state index in [0.29, 0.717) is 12.8 Å². The minimum Gasteiger partial charge on any atom is -0.394 e. The first-order chi connectivity index (χ1) is 40.1. The van der Waals surface area contributed by atoms with E-state index in [-0.39, 0.29) is 18.9 Å². The maximum Gasteiger partial charge on any atom is 0.220 e. The average molecular weight is 1160 g/mol. The molecule has 2 heterocycles. The van der Waals surface area contributed by atoms with Crippen LogP contribution in [-0.2, 0) is 23.7 Å². The predicted octanol–water partition coefficient (Wildman–Crippen LogP) is 12.2. The molecule has 14 nitrogen and oxygen atoms in total. The van der Waals surface area contributed by atoms with Gasteiger partial charge >= 0.3 is 0 Å². The number of carbonyl (C=O) groups excluding carboxylic acids is 1. The summed E-state index contributed by atoms with van der Waals surface area (Å²) in [6, 6.07) is -0.850. The van der Waals surface area contributed by atoms with Crippen molar-refractivity contribution in [2.45, 2.75) is 306 Å². The molecule has 0 aromatic heterocycles. The van der Waals surface area contributed by atoms with Crippen LogP contribution in [0.1, 0.15) is 232 Å². The normalized spacial score (nSPS) is 24.6. The Morgan fingerprint density at radius 2 is 0.841 bits per heavy atom. The molecule has 472 valence electrons. The summed E-state index contributed by atoms with van der Waals surface area (Å²) in [6.45, 7) is 2.74. The molecule has 0 aliphatic carbocycles. The van der Waals surface area contributed by atoms with Gasteiger partial charge in [0.2, 0.25) is 5.91 Å². The predicted molar refractivity (Wildman–Crippen MR) is 332 cm³/mol. The molecule has 0 aromatic rings. The molecule has 1 amide bonds. The number of hydrogen-bond donors (Lipinski definition) is 9.